The Labute approximate surface area is 78.0 Å². The summed E-state index contributed by atoms with van der Waals surface area (Å²) in [5.41, 5.74) is 2.20. The first-order valence-electron chi connectivity index (χ1n) is 4.92. The van der Waals surface area contributed by atoms with Crippen molar-refractivity contribution in [2.24, 2.45) is 0 Å². The molecule has 2 nitrogen and oxygen atoms in total. The highest BCUT2D eigenvalue weighted by Gasteiger charge is 2.12. The first kappa shape index (κ1) is 9.64. The molecule has 0 unspecified atom stereocenters. The van der Waals surface area contributed by atoms with Gasteiger partial charge in [0.05, 0.1) is 6.61 Å². The van der Waals surface area contributed by atoms with Crippen molar-refractivity contribution >= 4 is 10.2 Å². The van der Waals surface area contributed by atoms with Crippen LogP contribution in [0.2, 0.25) is 0 Å². The first-order chi connectivity index (χ1) is 5.88. The van der Waals surface area contributed by atoms with Crippen LogP contribution < -0.4 is 0 Å². The van der Waals surface area contributed by atoms with Crippen molar-refractivity contribution in [3.63, 3.8) is 0 Å². The quantitative estimate of drug-likeness (QED) is 0.473. The molecule has 1 aliphatic rings. The maximum atomic E-state index is 5.55. The molecule has 70 valence electrons. The highest BCUT2D eigenvalue weighted by molar-refractivity contribution is 6.17. The van der Waals surface area contributed by atoms with E-state index in [-0.39, 0.29) is 0 Å². The van der Waals surface area contributed by atoms with Gasteiger partial charge in [0, 0.05) is 23.3 Å². The number of likely N-dealkylation sites (tertiary alicyclic amines) is 1. The minimum absolute atomic E-state index is 0.796. The lowest BCUT2D eigenvalue weighted by Crippen LogP contribution is -2.30. The second-order valence-corrected chi connectivity index (χ2v) is 3.68. The van der Waals surface area contributed by atoms with Crippen molar-refractivity contribution in [2.45, 2.75) is 26.2 Å². The van der Waals surface area contributed by atoms with Gasteiger partial charge in [-0.3, -0.25) is 0 Å². The van der Waals surface area contributed by atoms with Crippen molar-refractivity contribution in [3.05, 3.63) is 11.6 Å². The second kappa shape index (κ2) is 5.25. The summed E-state index contributed by atoms with van der Waals surface area (Å²) in [5.74, 6) is 1.13. The lowest BCUT2D eigenvalue weighted by molar-refractivity contribution is 0.108. The molecule has 0 N–H and O–H groups in total. The zero-order chi connectivity index (χ0) is 8.81. The minimum atomic E-state index is 0.796. The van der Waals surface area contributed by atoms with Gasteiger partial charge in [-0.1, -0.05) is 0 Å². The molecule has 0 saturated carbocycles. The Hall–Kier alpha value is -0.443. The molecule has 1 aliphatic heterocycles. The van der Waals surface area contributed by atoms with E-state index in [9.17, 15) is 0 Å². The summed E-state index contributed by atoms with van der Waals surface area (Å²) in [6.45, 7) is 5.22. The normalized spacial score (nSPS) is 19.8. The van der Waals surface area contributed by atoms with Crippen molar-refractivity contribution in [3.8, 4) is 0 Å². The Morgan fingerprint density at radius 2 is 2.08 bits per heavy atom. The molecule has 0 radical (unpaired) electrons. The Bertz CT molecular complexity index is 153. The second-order valence-electron chi connectivity index (χ2n) is 3.11. The fourth-order valence-electron chi connectivity index (χ4n) is 1.62. The van der Waals surface area contributed by atoms with Crippen LogP contribution in [-0.4, -0.2) is 34.8 Å². The lowest BCUT2D eigenvalue weighted by Gasteiger charge is -2.30. The van der Waals surface area contributed by atoms with Crippen LogP contribution in [0.4, 0.5) is 0 Å². The topological polar surface area (TPSA) is 12.5 Å². The van der Waals surface area contributed by atoms with E-state index in [4.69, 9.17) is 4.74 Å². The molecule has 0 aromatic heterocycles. The van der Waals surface area contributed by atoms with E-state index < -0.39 is 0 Å². The van der Waals surface area contributed by atoms with Gasteiger partial charge < -0.3 is 9.64 Å². The number of rotatable bonds is 3. The third-order valence-electron chi connectivity index (χ3n) is 2.21. The Kier molecular flexibility index (Phi) is 4.22. The number of nitrogens with zero attached hydrogens (tertiary/aromatic N) is 1. The molecule has 0 aromatic rings. The molecule has 1 rings (SSSR count). The largest absolute Gasteiger partial charge is 0.480 e. The van der Waals surface area contributed by atoms with Gasteiger partial charge in [0.15, 0.2) is 5.88 Å². The highest BCUT2D eigenvalue weighted by Crippen LogP contribution is 2.14. The third-order valence-corrected chi connectivity index (χ3v) is 2.70. The molecule has 1 saturated heterocycles. The van der Waals surface area contributed by atoms with Crippen LogP contribution in [0, 0.1) is 0 Å². The molecule has 0 aliphatic carbocycles. The molecule has 1 heterocycles. The van der Waals surface area contributed by atoms with Crippen molar-refractivity contribution < 1.29 is 4.74 Å². The van der Waals surface area contributed by atoms with Crippen LogP contribution in [0.15, 0.2) is 11.6 Å². The maximum Gasteiger partial charge on any atom is 0.180 e. The molecule has 0 aromatic carbocycles. The van der Waals surface area contributed by atoms with Gasteiger partial charge in [-0.05, 0) is 31.9 Å². The molecule has 12 heavy (non-hydrogen) atoms. The van der Waals surface area contributed by atoms with Crippen LogP contribution in [0.1, 0.15) is 26.2 Å². The molecule has 0 amide bonds. The van der Waals surface area contributed by atoms with E-state index in [2.05, 4.69) is 17.5 Å². The van der Waals surface area contributed by atoms with E-state index in [1.54, 1.807) is 0 Å². The monoisotopic (exact) mass is 185 g/mol. The Morgan fingerprint density at radius 3 is 2.58 bits per heavy atom. The summed E-state index contributed by atoms with van der Waals surface area (Å²) < 4.78 is 5.55. The summed E-state index contributed by atoms with van der Waals surface area (Å²) in [6.07, 6.45) is 4.04. The molecule has 3 heteroatoms. The predicted molar refractivity (Wildman–Crippen MR) is 55.1 cm³/mol. The smallest absolute Gasteiger partial charge is 0.180 e. The fraction of sp³-hybridized carbons (Fsp3) is 0.778. The molecular formula is C9H19NOSi. The highest BCUT2D eigenvalue weighted by atomic mass is 28.1. The molecular weight excluding hydrogens is 166 g/mol. The summed E-state index contributed by atoms with van der Waals surface area (Å²) in [4.78, 5) is 2.38. The number of ether oxygens (including phenoxy) is 1. The lowest BCUT2D eigenvalue weighted by atomic mass is 10.1. The van der Waals surface area contributed by atoms with Crippen molar-refractivity contribution in [1.82, 2.24) is 4.90 Å². The van der Waals surface area contributed by atoms with Crippen molar-refractivity contribution in [2.75, 3.05) is 19.7 Å². The molecule has 0 atom stereocenters. The van der Waals surface area contributed by atoms with E-state index >= 15 is 0 Å². The average Bonchev–Trinajstić information content (AvgIpc) is 2.15. The van der Waals surface area contributed by atoms with E-state index in [1.165, 1.54) is 32.4 Å². The fourth-order valence-corrected chi connectivity index (χ4v) is 2.15. The summed E-state index contributed by atoms with van der Waals surface area (Å²) in [6, 6.07) is 0. The van der Waals surface area contributed by atoms with Crippen LogP contribution in [0.5, 0.6) is 0 Å². The zero-order valence-corrected chi connectivity index (χ0v) is 10.2. The standard InChI is InChI=1S/C9H19NOSi/c1-2-11-9(8-12)10-6-4-3-5-7-10/h8H,2-7H2,1,12H3. The van der Waals surface area contributed by atoms with Gasteiger partial charge in [-0.15, -0.1) is 0 Å². The summed E-state index contributed by atoms with van der Waals surface area (Å²) in [7, 11) is 1.09. The molecule has 0 bridgehead atoms. The molecule has 0 spiro atoms. The van der Waals surface area contributed by atoms with Crippen molar-refractivity contribution in [1.29, 1.82) is 0 Å². The number of piperidine rings is 1. The third kappa shape index (κ3) is 2.55. The van der Waals surface area contributed by atoms with Crippen LogP contribution in [0.25, 0.3) is 0 Å². The van der Waals surface area contributed by atoms with Gasteiger partial charge in [0.2, 0.25) is 0 Å². The van der Waals surface area contributed by atoms with Gasteiger partial charge in [-0.2, -0.15) is 0 Å². The van der Waals surface area contributed by atoms with Gasteiger partial charge in [-0.25, -0.2) is 0 Å². The average molecular weight is 185 g/mol. The predicted octanol–water partition coefficient (Wildman–Crippen LogP) is 0.673. The van der Waals surface area contributed by atoms with E-state index in [0.29, 0.717) is 0 Å². The Morgan fingerprint density at radius 1 is 1.42 bits per heavy atom. The van der Waals surface area contributed by atoms with E-state index in [1.807, 2.05) is 0 Å². The van der Waals surface area contributed by atoms with Gasteiger partial charge >= 0.3 is 0 Å². The summed E-state index contributed by atoms with van der Waals surface area (Å²) in [5, 5.41) is 0. The van der Waals surface area contributed by atoms with Gasteiger partial charge in [0.25, 0.3) is 0 Å². The van der Waals surface area contributed by atoms with Crippen LogP contribution >= 0.6 is 0 Å². The Balaban J connectivity index is 2.41. The number of hydrogen-bond acceptors (Lipinski definition) is 2. The first-order valence-corrected chi connectivity index (χ1v) is 6.08. The zero-order valence-electron chi connectivity index (χ0n) is 8.18. The van der Waals surface area contributed by atoms with Gasteiger partial charge in [0.1, 0.15) is 0 Å². The van der Waals surface area contributed by atoms with Crippen LogP contribution in [0.3, 0.4) is 0 Å². The van der Waals surface area contributed by atoms with E-state index in [0.717, 1.165) is 22.7 Å². The summed E-state index contributed by atoms with van der Waals surface area (Å²) >= 11 is 0. The number of hydrogen-bond donors (Lipinski definition) is 0. The molecule has 1 fully saturated rings. The van der Waals surface area contributed by atoms with Crippen LogP contribution in [-0.2, 0) is 4.74 Å². The minimum Gasteiger partial charge on any atom is -0.480 e. The maximum absolute atomic E-state index is 5.55. The SMILES string of the molecule is CCOC(=C[SiH3])N1CCCCC1.